The van der Waals surface area contributed by atoms with E-state index in [1.54, 1.807) is 0 Å². The predicted octanol–water partition coefficient (Wildman–Crippen LogP) is 1.59. The van der Waals surface area contributed by atoms with E-state index in [4.69, 9.17) is 10.5 Å². The first kappa shape index (κ1) is 24.4. The number of esters is 1. The fraction of sp³-hybridized carbons (Fsp3) is 0.842. The Morgan fingerprint density at radius 3 is 1.62 bits per heavy atom. The van der Waals surface area contributed by atoms with Gasteiger partial charge in [-0.15, -0.1) is 0 Å². The molecule has 0 rings (SSSR count). The van der Waals surface area contributed by atoms with E-state index in [-0.39, 0.29) is 29.6 Å². The number of amides is 2. The van der Waals surface area contributed by atoms with Crippen molar-refractivity contribution in [3.63, 3.8) is 0 Å². The highest BCUT2D eigenvalue weighted by Crippen LogP contribution is 2.10. The van der Waals surface area contributed by atoms with E-state index in [0.29, 0.717) is 19.3 Å². The Hall–Kier alpha value is -1.63. The number of carbonyl (C=O) groups is 3. The van der Waals surface area contributed by atoms with Gasteiger partial charge in [-0.25, -0.2) is 4.79 Å². The van der Waals surface area contributed by atoms with Crippen LogP contribution in [0.3, 0.4) is 0 Å². The third-order valence-electron chi connectivity index (χ3n) is 3.91. The summed E-state index contributed by atoms with van der Waals surface area (Å²) in [6, 6.07) is -2.13. The molecule has 0 saturated carbocycles. The maximum Gasteiger partial charge on any atom is 0.328 e. The summed E-state index contributed by atoms with van der Waals surface area (Å²) < 4.78 is 4.78. The van der Waals surface area contributed by atoms with Crippen LogP contribution in [0.4, 0.5) is 0 Å². The van der Waals surface area contributed by atoms with Gasteiger partial charge in [-0.05, 0) is 37.0 Å². The Bertz CT molecular complexity index is 464. The zero-order chi connectivity index (χ0) is 20.4. The molecule has 0 aromatic carbocycles. The van der Waals surface area contributed by atoms with Crippen LogP contribution in [0, 0.1) is 17.8 Å². The van der Waals surface area contributed by atoms with Crippen LogP contribution in [0.25, 0.3) is 0 Å². The van der Waals surface area contributed by atoms with Gasteiger partial charge in [0.1, 0.15) is 12.1 Å². The molecule has 0 unspecified atom stereocenters. The summed E-state index contributed by atoms with van der Waals surface area (Å²) in [4.78, 5) is 37.0. The van der Waals surface area contributed by atoms with Gasteiger partial charge in [0.05, 0.1) is 13.2 Å². The van der Waals surface area contributed by atoms with Gasteiger partial charge < -0.3 is 21.1 Å². The number of methoxy groups -OCH3 is 1. The third-order valence-corrected chi connectivity index (χ3v) is 3.91. The smallest absolute Gasteiger partial charge is 0.328 e. The lowest BCUT2D eigenvalue weighted by Crippen LogP contribution is -2.55. The summed E-state index contributed by atoms with van der Waals surface area (Å²) in [5.74, 6) is -0.551. The summed E-state index contributed by atoms with van der Waals surface area (Å²) in [5.41, 5.74) is 5.92. The van der Waals surface area contributed by atoms with Gasteiger partial charge in [0, 0.05) is 0 Å². The van der Waals surface area contributed by atoms with Gasteiger partial charge in [0.15, 0.2) is 0 Å². The summed E-state index contributed by atoms with van der Waals surface area (Å²) in [5, 5.41) is 5.46. The van der Waals surface area contributed by atoms with Crippen molar-refractivity contribution in [1.29, 1.82) is 0 Å². The van der Waals surface area contributed by atoms with Crippen molar-refractivity contribution in [3.05, 3.63) is 0 Å². The normalized spacial score (nSPS) is 14.9. The lowest BCUT2D eigenvalue weighted by molar-refractivity contribution is -0.146. The topological polar surface area (TPSA) is 111 Å². The van der Waals surface area contributed by atoms with E-state index < -0.39 is 24.1 Å². The lowest BCUT2D eigenvalue weighted by Gasteiger charge is -2.25. The molecule has 0 aliphatic heterocycles. The maximum atomic E-state index is 12.7. The lowest BCUT2D eigenvalue weighted by atomic mass is 9.99. The predicted molar refractivity (Wildman–Crippen MR) is 102 cm³/mol. The molecule has 2 amide bonds. The molecular weight excluding hydrogens is 334 g/mol. The first-order valence-corrected chi connectivity index (χ1v) is 9.42. The van der Waals surface area contributed by atoms with E-state index in [2.05, 4.69) is 10.6 Å². The monoisotopic (exact) mass is 371 g/mol. The first-order valence-electron chi connectivity index (χ1n) is 9.42. The number of hydrogen-bond donors (Lipinski definition) is 3. The maximum absolute atomic E-state index is 12.7. The molecule has 0 saturated heterocycles. The second-order valence-corrected chi connectivity index (χ2v) is 8.14. The molecule has 0 aliphatic carbocycles. The van der Waals surface area contributed by atoms with Crippen LogP contribution >= 0.6 is 0 Å². The Morgan fingerprint density at radius 1 is 0.769 bits per heavy atom. The van der Waals surface area contributed by atoms with Gasteiger partial charge in [-0.3, -0.25) is 9.59 Å². The zero-order valence-electron chi connectivity index (χ0n) is 17.3. The minimum absolute atomic E-state index is 0.189. The van der Waals surface area contributed by atoms with Crippen molar-refractivity contribution in [1.82, 2.24) is 10.6 Å². The molecule has 0 fully saturated rings. The second kappa shape index (κ2) is 11.9. The third kappa shape index (κ3) is 9.75. The largest absolute Gasteiger partial charge is 0.467 e. The Kier molecular flexibility index (Phi) is 11.1. The summed E-state index contributed by atoms with van der Waals surface area (Å²) in [6.45, 7) is 11.8. The molecular formula is C19H37N3O4. The fourth-order valence-electron chi connectivity index (χ4n) is 2.70. The summed E-state index contributed by atoms with van der Waals surface area (Å²) >= 11 is 0. The van der Waals surface area contributed by atoms with E-state index in [1.807, 2.05) is 41.5 Å². The van der Waals surface area contributed by atoms with Gasteiger partial charge >= 0.3 is 5.97 Å². The summed E-state index contributed by atoms with van der Waals surface area (Å²) in [6.07, 6.45) is 1.47. The number of carbonyl (C=O) groups excluding carboxylic acids is 3. The molecule has 0 radical (unpaired) electrons. The molecule has 7 nitrogen and oxygen atoms in total. The van der Waals surface area contributed by atoms with Gasteiger partial charge in [0.2, 0.25) is 11.8 Å². The Morgan fingerprint density at radius 2 is 1.19 bits per heavy atom. The van der Waals surface area contributed by atoms with Crippen LogP contribution < -0.4 is 16.4 Å². The van der Waals surface area contributed by atoms with Crippen molar-refractivity contribution in [2.75, 3.05) is 7.11 Å². The number of rotatable bonds is 11. The molecule has 0 aliphatic rings. The van der Waals surface area contributed by atoms with E-state index in [1.165, 1.54) is 7.11 Å². The molecule has 3 atom stereocenters. The number of ether oxygens (including phenoxy) is 1. The van der Waals surface area contributed by atoms with E-state index >= 15 is 0 Å². The number of nitrogens with two attached hydrogens (primary N) is 1. The minimum atomic E-state index is -0.736. The van der Waals surface area contributed by atoms with Crippen LogP contribution in [-0.2, 0) is 19.1 Å². The highest BCUT2D eigenvalue weighted by atomic mass is 16.5. The van der Waals surface area contributed by atoms with E-state index in [0.717, 1.165) is 0 Å². The van der Waals surface area contributed by atoms with E-state index in [9.17, 15) is 14.4 Å². The quantitative estimate of drug-likeness (QED) is 0.478. The summed E-state index contributed by atoms with van der Waals surface area (Å²) in [7, 11) is 1.29. The van der Waals surface area contributed by atoms with Crippen molar-refractivity contribution in [3.8, 4) is 0 Å². The van der Waals surface area contributed by atoms with Crippen molar-refractivity contribution < 1.29 is 19.1 Å². The van der Waals surface area contributed by atoms with Gasteiger partial charge in [-0.2, -0.15) is 0 Å². The van der Waals surface area contributed by atoms with Gasteiger partial charge in [0.25, 0.3) is 0 Å². The molecule has 7 heteroatoms. The van der Waals surface area contributed by atoms with Crippen molar-refractivity contribution >= 4 is 17.8 Å². The fourth-order valence-corrected chi connectivity index (χ4v) is 2.70. The van der Waals surface area contributed by atoms with Crippen LogP contribution in [-0.4, -0.2) is 43.0 Å². The Balaban J connectivity index is 5.11. The molecule has 26 heavy (non-hydrogen) atoms. The van der Waals surface area contributed by atoms with Crippen LogP contribution in [0.15, 0.2) is 0 Å². The van der Waals surface area contributed by atoms with Crippen LogP contribution in [0.5, 0.6) is 0 Å². The van der Waals surface area contributed by atoms with Crippen LogP contribution in [0.2, 0.25) is 0 Å². The Labute approximate surface area is 157 Å². The van der Waals surface area contributed by atoms with Crippen LogP contribution in [0.1, 0.15) is 60.8 Å². The number of hydrogen-bond acceptors (Lipinski definition) is 5. The molecule has 0 bridgehead atoms. The molecule has 4 N–H and O–H groups in total. The minimum Gasteiger partial charge on any atom is -0.467 e. The highest BCUT2D eigenvalue weighted by Gasteiger charge is 2.29. The average Bonchev–Trinajstić information content (AvgIpc) is 2.50. The average molecular weight is 372 g/mol. The van der Waals surface area contributed by atoms with Crippen molar-refractivity contribution in [2.24, 2.45) is 23.5 Å². The number of nitrogens with one attached hydrogen (secondary N) is 2. The zero-order valence-corrected chi connectivity index (χ0v) is 17.3. The molecule has 0 spiro atoms. The van der Waals surface area contributed by atoms with Gasteiger partial charge in [-0.1, -0.05) is 41.5 Å². The standard InChI is InChI=1S/C19H37N3O4/c1-11(2)8-14(20)17(23)21-15(9-12(3)4)18(24)22-16(10-13(5)6)19(25)26-7/h11-16H,8-10,20H2,1-7H3,(H,21,23)(H,22,24)/t14-,15+,16-/m0/s1. The molecule has 0 aromatic rings. The SMILES string of the molecule is COC(=O)[C@H](CC(C)C)NC(=O)[C@@H](CC(C)C)NC(=O)[C@@H](N)CC(C)C. The molecule has 0 aromatic heterocycles. The second-order valence-electron chi connectivity index (χ2n) is 8.14. The molecule has 152 valence electrons. The van der Waals surface area contributed by atoms with Crippen molar-refractivity contribution in [2.45, 2.75) is 78.9 Å². The highest BCUT2D eigenvalue weighted by molar-refractivity contribution is 5.92. The molecule has 0 heterocycles. The first-order chi connectivity index (χ1) is 12.0.